The third-order valence-electron chi connectivity index (χ3n) is 3.45. The lowest BCUT2D eigenvalue weighted by molar-refractivity contribution is 0.112. The van der Waals surface area contributed by atoms with Crippen LogP contribution in [0.5, 0.6) is 5.75 Å². The predicted molar refractivity (Wildman–Crippen MR) is 83.6 cm³/mol. The smallest absolute Gasteiger partial charge is 0.166 e. The van der Waals surface area contributed by atoms with E-state index >= 15 is 0 Å². The van der Waals surface area contributed by atoms with E-state index in [1.165, 1.54) is 0 Å². The molecule has 0 saturated carbocycles. The Bertz CT molecular complexity index is 743. The minimum absolute atomic E-state index is 0.590. The molecule has 104 valence electrons. The first-order chi connectivity index (χ1) is 10.3. The lowest BCUT2D eigenvalue weighted by Gasteiger charge is -2.01. The van der Waals surface area contributed by atoms with Crippen LogP contribution in [0.2, 0.25) is 0 Å². The number of hydrogen-bond acceptors (Lipinski definition) is 2. The number of aromatic nitrogens is 1. The van der Waals surface area contributed by atoms with Crippen LogP contribution in [0, 0.1) is 0 Å². The summed E-state index contributed by atoms with van der Waals surface area (Å²) in [6, 6.07) is 19.6. The molecule has 3 nitrogen and oxygen atoms in total. The Morgan fingerprint density at radius 3 is 2.29 bits per heavy atom. The highest BCUT2D eigenvalue weighted by molar-refractivity contribution is 5.88. The van der Waals surface area contributed by atoms with Gasteiger partial charge >= 0.3 is 0 Å². The minimum Gasteiger partial charge on any atom is -0.497 e. The first kappa shape index (κ1) is 13.2. The molecule has 1 aromatic heterocycles. The number of H-pyrrole nitrogens is 1. The van der Waals surface area contributed by atoms with Crippen molar-refractivity contribution in [2.75, 3.05) is 7.11 Å². The van der Waals surface area contributed by atoms with E-state index in [-0.39, 0.29) is 0 Å². The lowest BCUT2D eigenvalue weighted by atomic mass is 10.1. The van der Waals surface area contributed by atoms with Crippen molar-refractivity contribution in [3.63, 3.8) is 0 Å². The van der Waals surface area contributed by atoms with E-state index in [1.54, 1.807) is 7.11 Å². The van der Waals surface area contributed by atoms with Crippen molar-refractivity contribution in [1.82, 2.24) is 4.98 Å². The molecule has 1 heterocycles. The van der Waals surface area contributed by atoms with Crippen LogP contribution in [0.1, 0.15) is 10.5 Å². The van der Waals surface area contributed by atoms with Crippen LogP contribution in [-0.2, 0) is 0 Å². The van der Waals surface area contributed by atoms with Crippen molar-refractivity contribution in [2.24, 2.45) is 0 Å². The van der Waals surface area contributed by atoms with Crippen molar-refractivity contribution < 1.29 is 9.53 Å². The number of ether oxygens (including phenoxy) is 1. The summed E-state index contributed by atoms with van der Waals surface area (Å²) in [5.74, 6) is 0.809. The Hall–Kier alpha value is -2.81. The van der Waals surface area contributed by atoms with Crippen LogP contribution < -0.4 is 4.74 Å². The number of aromatic amines is 1. The molecule has 0 amide bonds. The highest BCUT2D eigenvalue weighted by Crippen LogP contribution is 2.29. The van der Waals surface area contributed by atoms with E-state index in [0.717, 1.165) is 34.4 Å². The first-order valence-electron chi connectivity index (χ1n) is 6.70. The molecule has 3 heteroatoms. The fourth-order valence-corrected chi connectivity index (χ4v) is 2.35. The van der Waals surface area contributed by atoms with Gasteiger partial charge in [-0.05, 0) is 41.5 Å². The summed E-state index contributed by atoms with van der Waals surface area (Å²) >= 11 is 0. The number of nitrogens with one attached hydrogen (secondary N) is 1. The quantitative estimate of drug-likeness (QED) is 0.727. The molecule has 3 aromatic rings. The molecule has 3 rings (SSSR count). The van der Waals surface area contributed by atoms with Gasteiger partial charge in [-0.3, -0.25) is 4.79 Å². The van der Waals surface area contributed by atoms with Crippen molar-refractivity contribution in [3.05, 3.63) is 66.4 Å². The molecule has 21 heavy (non-hydrogen) atoms. The van der Waals surface area contributed by atoms with Crippen LogP contribution >= 0.6 is 0 Å². The monoisotopic (exact) mass is 277 g/mol. The fraction of sp³-hybridized carbons (Fsp3) is 0.0556. The average molecular weight is 277 g/mol. The maximum atomic E-state index is 11.3. The van der Waals surface area contributed by atoms with Crippen molar-refractivity contribution >= 4 is 6.29 Å². The molecule has 0 bridgehead atoms. The molecule has 0 aliphatic rings. The summed E-state index contributed by atoms with van der Waals surface area (Å²) in [5.41, 5.74) is 4.46. The van der Waals surface area contributed by atoms with Crippen LogP contribution in [-0.4, -0.2) is 18.4 Å². The third kappa shape index (κ3) is 2.58. The van der Waals surface area contributed by atoms with Gasteiger partial charge in [0, 0.05) is 11.3 Å². The number of aldehydes is 1. The number of methoxy groups -OCH3 is 1. The van der Waals surface area contributed by atoms with Gasteiger partial charge in [0.15, 0.2) is 6.29 Å². The first-order valence-corrected chi connectivity index (χ1v) is 6.70. The van der Waals surface area contributed by atoms with Gasteiger partial charge in [-0.25, -0.2) is 0 Å². The molecule has 0 aliphatic carbocycles. The van der Waals surface area contributed by atoms with Gasteiger partial charge in [-0.2, -0.15) is 0 Å². The highest BCUT2D eigenvalue weighted by atomic mass is 16.5. The Balaban J connectivity index is 2.04. The largest absolute Gasteiger partial charge is 0.497 e. The van der Waals surface area contributed by atoms with E-state index in [9.17, 15) is 4.79 Å². The van der Waals surface area contributed by atoms with Crippen LogP contribution in [0.25, 0.3) is 22.4 Å². The van der Waals surface area contributed by atoms with Gasteiger partial charge in [-0.1, -0.05) is 30.3 Å². The Labute approximate surface area is 123 Å². The Morgan fingerprint density at radius 1 is 0.952 bits per heavy atom. The average Bonchev–Trinajstić information content (AvgIpc) is 3.00. The van der Waals surface area contributed by atoms with E-state index in [2.05, 4.69) is 4.98 Å². The van der Waals surface area contributed by atoms with Crippen LogP contribution in [0.15, 0.2) is 60.7 Å². The summed E-state index contributed by atoms with van der Waals surface area (Å²) < 4.78 is 5.16. The normalized spacial score (nSPS) is 10.3. The Morgan fingerprint density at radius 2 is 1.67 bits per heavy atom. The zero-order valence-electron chi connectivity index (χ0n) is 11.7. The molecule has 1 N–H and O–H groups in total. The third-order valence-corrected chi connectivity index (χ3v) is 3.45. The zero-order valence-corrected chi connectivity index (χ0v) is 11.7. The maximum Gasteiger partial charge on any atom is 0.166 e. The molecule has 0 fully saturated rings. The second-order valence-corrected chi connectivity index (χ2v) is 4.72. The molecule has 2 aromatic carbocycles. The standard InChI is InChI=1S/C18H15NO2/c1-21-15-9-7-14(8-10-15)17-11-16(18(12-20)19-17)13-5-3-2-4-6-13/h2-12,19H,1H3. The van der Waals surface area contributed by atoms with Gasteiger partial charge in [0.05, 0.1) is 12.8 Å². The zero-order chi connectivity index (χ0) is 14.7. The van der Waals surface area contributed by atoms with Gasteiger partial charge in [0.25, 0.3) is 0 Å². The summed E-state index contributed by atoms with van der Waals surface area (Å²) in [4.78, 5) is 14.5. The van der Waals surface area contributed by atoms with Crippen molar-refractivity contribution in [2.45, 2.75) is 0 Å². The molecular formula is C18H15NO2. The number of carbonyl (C=O) groups excluding carboxylic acids is 1. The molecule has 0 spiro atoms. The van der Waals surface area contributed by atoms with Gasteiger partial charge < -0.3 is 9.72 Å². The fourth-order valence-electron chi connectivity index (χ4n) is 2.35. The molecule has 0 atom stereocenters. The molecular weight excluding hydrogens is 262 g/mol. The summed E-state index contributed by atoms with van der Waals surface area (Å²) in [5, 5.41) is 0. The second kappa shape index (κ2) is 5.67. The number of carbonyl (C=O) groups is 1. The van der Waals surface area contributed by atoms with E-state index in [4.69, 9.17) is 4.74 Å². The van der Waals surface area contributed by atoms with Gasteiger partial charge in [0.2, 0.25) is 0 Å². The van der Waals surface area contributed by atoms with E-state index in [1.807, 2.05) is 60.7 Å². The second-order valence-electron chi connectivity index (χ2n) is 4.72. The minimum atomic E-state index is 0.590. The lowest BCUT2D eigenvalue weighted by Crippen LogP contribution is -1.84. The summed E-state index contributed by atoms with van der Waals surface area (Å²) in [6.45, 7) is 0. The van der Waals surface area contributed by atoms with Gasteiger partial charge in [0.1, 0.15) is 5.75 Å². The number of rotatable bonds is 4. The molecule has 0 radical (unpaired) electrons. The topological polar surface area (TPSA) is 42.1 Å². The highest BCUT2D eigenvalue weighted by Gasteiger charge is 2.10. The molecule has 0 unspecified atom stereocenters. The number of hydrogen-bond donors (Lipinski definition) is 1. The van der Waals surface area contributed by atoms with Crippen molar-refractivity contribution in [1.29, 1.82) is 0 Å². The maximum absolute atomic E-state index is 11.3. The van der Waals surface area contributed by atoms with Crippen molar-refractivity contribution in [3.8, 4) is 28.1 Å². The Kier molecular flexibility index (Phi) is 3.56. The van der Waals surface area contributed by atoms with E-state index in [0.29, 0.717) is 5.69 Å². The van der Waals surface area contributed by atoms with E-state index < -0.39 is 0 Å². The molecule has 0 saturated heterocycles. The SMILES string of the molecule is COc1ccc(-c2cc(-c3ccccc3)c(C=O)[nH]2)cc1. The van der Waals surface area contributed by atoms with Gasteiger partial charge in [-0.15, -0.1) is 0 Å². The van der Waals surface area contributed by atoms with Crippen LogP contribution in [0.4, 0.5) is 0 Å². The van der Waals surface area contributed by atoms with Crippen LogP contribution in [0.3, 0.4) is 0 Å². The predicted octanol–water partition coefficient (Wildman–Crippen LogP) is 4.17. The molecule has 0 aliphatic heterocycles. The number of benzene rings is 2. The summed E-state index contributed by atoms with van der Waals surface area (Å²) in [7, 11) is 1.64. The summed E-state index contributed by atoms with van der Waals surface area (Å²) in [6.07, 6.45) is 0.857.